The van der Waals surface area contributed by atoms with Gasteiger partial charge >= 0.3 is 5.97 Å². The molecule has 1 saturated heterocycles. The van der Waals surface area contributed by atoms with Crippen molar-refractivity contribution in [3.05, 3.63) is 89.2 Å². The van der Waals surface area contributed by atoms with Gasteiger partial charge in [0.2, 0.25) is 0 Å². The molecule has 1 atom stereocenters. The zero-order valence-corrected chi connectivity index (χ0v) is 20.0. The van der Waals surface area contributed by atoms with Crippen molar-refractivity contribution in [3.63, 3.8) is 0 Å². The number of benzene rings is 3. The van der Waals surface area contributed by atoms with Gasteiger partial charge in [0.25, 0.3) is 0 Å². The zero-order chi connectivity index (χ0) is 25.1. The Kier molecular flexibility index (Phi) is 7.02. The van der Waals surface area contributed by atoms with E-state index in [1.165, 1.54) is 0 Å². The summed E-state index contributed by atoms with van der Waals surface area (Å²) in [5.74, 6) is -0.376. The molecule has 1 unspecified atom stereocenters. The molecule has 0 bridgehead atoms. The number of nitrogens with two attached hydrogens (primary N) is 1. The molecule has 0 saturated carbocycles. The third-order valence-corrected chi connectivity index (χ3v) is 6.63. The van der Waals surface area contributed by atoms with Gasteiger partial charge in [0.15, 0.2) is 0 Å². The number of carboxylic acids is 1. The van der Waals surface area contributed by atoms with Crippen molar-refractivity contribution in [1.29, 1.82) is 0 Å². The van der Waals surface area contributed by atoms with Gasteiger partial charge in [-0.15, -0.1) is 0 Å². The fourth-order valence-corrected chi connectivity index (χ4v) is 4.81. The van der Waals surface area contributed by atoms with Crippen LogP contribution in [0, 0.1) is 0 Å². The van der Waals surface area contributed by atoms with Crippen LogP contribution in [0.5, 0.6) is 5.75 Å². The lowest BCUT2D eigenvalue weighted by Gasteiger charge is -2.16. The van der Waals surface area contributed by atoms with Gasteiger partial charge in [0, 0.05) is 48.3 Å². The van der Waals surface area contributed by atoms with Crippen molar-refractivity contribution in [2.45, 2.75) is 38.7 Å². The molecular formula is C29H29FN2O4. The minimum absolute atomic E-state index is 0.112. The highest BCUT2D eigenvalue weighted by Crippen LogP contribution is 2.34. The number of rotatable bonds is 9. The number of ether oxygens (including phenoxy) is 1. The Labute approximate surface area is 209 Å². The average molecular weight is 489 g/mol. The Morgan fingerprint density at radius 3 is 2.72 bits per heavy atom. The minimum atomic E-state index is -0.911. The Hall–Kier alpha value is -3.68. The fourth-order valence-electron chi connectivity index (χ4n) is 4.81. The molecule has 0 aliphatic carbocycles. The van der Waals surface area contributed by atoms with Crippen molar-refractivity contribution in [1.82, 2.24) is 4.90 Å². The number of para-hydroxylation sites is 1. The van der Waals surface area contributed by atoms with Crippen molar-refractivity contribution in [3.8, 4) is 16.9 Å². The summed E-state index contributed by atoms with van der Waals surface area (Å²) < 4.78 is 25.9. The van der Waals surface area contributed by atoms with Crippen LogP contribution in [0.25, 0.3) is 22.1 Å². The molecule has 1 fully saturated rings. The topological polar surface area (TPSA) is 88.9 Å². The molecule has 1 aromatic heterocycles. The van der Waals surface area contributed by atoms with Gasteiger partial charge in [-0.1, -0.05) is 36.4 Å². The van der Waals surface area contributed by atoms with Gasteiger partial charge < -0.3 is 20.0 Å². The number of furan rings is 1. The normalized spacial score (nSPS) is 16.0. The third-order valence-electron chi connectivity index (χ3n) is 6.63. The highest BCUT2D eigenvalue weighted by atomic mass is 19.1. The first-order valence-corrected chi connectivity index (χ1v) is 12.1. The van der Waals surface area contributed by atoms with E-state index in [2.05, 4.69) is 29.2 Å². The largest absolute Gasteiger partial charge is 0.488 e. The van der Waals surface area contributed by atoms with Crippen LogP contribution in [-0.4, -0.2) is 35.2 Å². The quantitative estimate of drug-likeness (QED) is 0.332. The molecule has 186 valence electrons. The van der Waals surface area contributed by atoms with Crippen molar-refractivity contribution in [2.75, 3.05) is 13.1 Å². The Bertz CT molecular complexity index is 1380. The number of carboxylic acid groups (broad SMARTS) is 1. The van der Waals surface area contributed by atoms with Gasteiger partial charge in [-0.3, -0.25) is 9.69 Å². The lowest BCUT2D eigenvalue weighted by molar-refractivity contribution is -0.136. The second-order valence-corrected chi connectivity index (χ2v) is 9.27. The van der Waals surface area contributed by atoms with Gasteiger partial charge in [-0.25, -0.2) is 4.39 Å². The molecule has 0 spiro atoms. The summed E-state index contributed by atoms with van der Waals surface area (Å²) in [6, 6.07) is 19.5. The van der Waals surface area contributed by atoms with E-state index < -0.39 is 12.1 Å². The van der Waals surface area contributed by atoms with Crippen LogP contribution in [0.15, 0.2) is 71.3 Å². The van der Waals surface area contributed by atoms with Crippen molar-refractivity contribution in [2.24, 2.45) is 5.73 Å². The number of alkyl halides is 1. The molecule has 36 heavy (non-hydrogen) atoms. The number of fused-ring (bicyclic) bond motifs is 1. The van der Waals surface area contributed by atoms with Crippen LogP contribution in [0.4, 0.5) is 4.39 Å². The molecule has 5 rings (SSSR count). The van der Waals surface area contributed by atoms with Gasteiger partial charge in [0.05, 0.1) is 12.7 Å². The van der Waals surface area contributed by atoms with E-state index in [0.29, 0.717) is 43.9 Å². The lowest BCUT2D eigenvalue weighted by Crippen LogP contribution is -2.20. The zero-order valence-electron chi connectivity index (χ0n) is 20.0. The molecule has 3 aromatic carbocycles. The summed E-state index contributed by atoms with van der Waals surface area (Å²) in [5, 5.41) is 10.1. The Morgan fingerprint density at radius 1 is 1.08 bits per heavy atom. The van der Waals surface area contributed by atoms with Crippen molar-refractivity contribution >= 4 is 16.9 Å². The van der Waals surface area contributed by atoms with Crippen LogP contribution in [0.1, 0.15) is 28.7 Å². The average Bonchev–Trinajstić information content (AvgIpc) is 3.49. The predicted molar refractivity (Wildman–Crippen MR) is 136 cm³/mol. The summed E-state index contributed by atoms with van der Waals surface area (Å²) in [6.07, 6.45) is 1.33. The number of carbonyl (C=O) groups is 1. The molecule has 0 amide bonds. The molecule has 1 aliphatic heterocycles. The Morgan fingerprint density at radius 2 is 1.94 bits per heavy atom. The summed E-state index contributed by atoms with van der Waals surface area (Å²) >= 11 is 0. The van der Waals surface area contributed by atoms with Crippen LogP contribution in [0.2, 0.25) is 0 Å². The molecular weight excluding hydrogens is 459 g/mol. The van der Waals surface area contributed by atoms with E-state index in [4.69, 9.17) is 14.9 Å². The Balaban J connectivity index is 1.51. The second-order valence-electron chi connectivity index (χ2n) is 9.27. The first-order valence-electron chi connectivity index (χ1n) is 12.1. The van der Waals surface area contributed by atoms with E-state index in [1.807, 2.05) is 18.2 Å². The second kappa shape index (κ2) is 10.5. The molecule has 1 aliphatic rings. The summed E-state index contributed by atoms with van der Waals surface area (Å²) in [4.78, 5) is 13.4. The number of halogens is 1. The maximum Gasteiger partial charge on any atom is 0.307 e. The first kappa shape index (κ1) is 24.0. The highest BCUT2D eigenvalue weighted by molar-refractivity contribution is 5.89. The molecule has 4 aromatic rings. The lowest BCUT2D eigenvalue weighted by atomic mass is 9.97. The summed E-state index contributed by atoms with van der Waals surface area (Å²) in [5.41, 5.74) is 12.2. The number of hydrogen-bond acceptors (Lipinski definition) is 5. The molecule has 6 nitrogen and oxygen atoms in total. The van der Waals surface area contributed by atoms with Crippen LogP contribution >= 0.6 is 0 Å². The van der Waals surface area contributed by atoms with Crippen LogP contribution < -0.4 is 10.5 Å². The minimum Gasteiger partial charge on any atom is -0.488 e. The number of nitrogens with zero attached hydrogens (tertiary/aromatic N) is 1. The van der Waals surface area contributed by atoms with Crippen LogP contribution in [-0.2, 0) is 30.9 Å². The molecule has 3 N–H and O–H groups in total. The molecule has 0 radical (unpaired) electrons. The summed E-state index contributed by atoms with van der Waals surface area (Å²) in [7, 11) is 0. The predicted octanol–water partition coefficient (Wildman–Crippen LogP) is 5.31. The smallest absolute Gasteiger partial charge is 0.307 e. The molecule has 2 heterocycles. The van der Waals surface area contributed by atoms with Crippen LogP contribution in [0.3, 0.4) is 0 Å². The third kappa shape index (κ3) is 5.27. The van der Waals surface area contributed by atoms with E-state index in [9.17, 15) is 14.3 Å². The monoisotopic (exact) mass is 488 g/mol. The first-order chi connectivity index (χ1) is 17.5. The van der Waals surface area contributed by atoms with Gasteiger partial charge in [-0.05, 0) is 47.4 Å². The molecule has 7 heteroatoms. The summed E-state index contributed by atoms with van der Waals surface area (Å²) in [6.45, 7) is 2.41. The maximum atomic E-state index is 13.9. The van der Waals surface area contributed by atoms with Gasteiger partial charge in [0.1, 0.15) is 24.1 Å². The number of hydrogen-bond donors (Lipinski definition) is 2. The fraction of sp³-hybridized carbons (Fsp3) is 0.276. The van der Waals surface area contributed by atoms with E-state index >= 15 is 0 Å². The maximum absolute atomic E-state index is 13.9. The standard InChI is InChI=1S/C29H29FN2O4/c30-25-8-9-32(16-25)15-23-11-22(20-6-3-4-19(10-20)14-31)12-26-24(18-36-29(23)26)17-35-27-7-2-1-5-21(27)13-28(33)34/h1-7,10-12,18,25H,8-9,13-17,31H2,(H,33,34). The van der Waals surface area contributed by atoms with E-state index in [1.54, 1.807) is 24.5 Å². The number of likely N-dealkylation sites (tertiary alicyclic amines) is 1. The van der Waals surface area contributed by atoms with Crippen molar-refractivity contribution < 1.29 is 23.4 Å². The van der Waals surface area contributed by atoms with E-state index in [0.717, 1.165) is 38.8 Å². The van der Waals surface area contributed by atoms with E-state index in [-0.39, 0.29) is 13.0 Å². The van der Waals surface area contributed by atoms with Gasteiger partial charge in [-0.2, -0.15) is 0 Å². The highest BCUT2D eigenvalue weighted by Gasteiger charge is 2.24. The number of aliphatic carboxylic acids is 1. The SMILES string of the molecule is NCc1cccc(-c2cc(CN3CCC(F)C3)c3occ(COc4ccccc4CC(=O)O)c3c2)c1.